The Balaban J connectivity index is 0.000000202. The van der Waals surface area contributed by atoms with Crippen LogP contribution in [0.25, 0.3) is 0 Å². The van der Waals surface area contributed by atoms with E-state index in [2.05, 4.69) is 15.0 Å². The summed E-state index contributed by atoms with van der Waals surface area (Å²) in [5, 5.41) is 16.7. The van der Waals surface area contributed by atoms with Gasteiger partial charge in [-0.25, -0.2) is 19.1 Å². The Morgan fingerprint density at radius 2 is 1.53 bits per heavy atom. The van der Waals surface area contributed by atoms with Gasteiger partial charge in [0, 0.05) is 37.2 Å². The van der Waals surface area contributed by atoms with Crippen LogP contribution in [0.2, 0.25) is 0 Å². The zero-order chi connectivity index (χ0) is 12.7. The van der Waals surface area contributed by atoms with Gasteiger partial charge in [-0.15, -0.1) is 0 Å². The molecule has 88 valence electrons. The molecule has 2 aromatic heterocycles. The summed E-state index contributed by atoms with van der Waals surface area (Å²) < 4.78 is 0.530. The minimum Gasteiger partial charge on any atom is -0.475 e. The lowest BCUT2D eigenvalue weighted by atomic mass is 10.6. The smallest absolute Gasteiger partial charge is 0.417 e. The number of rotatable bonds is 1. The molecule has 8 heteroatoms. The van der Waals surface area contributed by atoms with Crippen molar-refractivity contribution >= 4 is 12.1 Å². The van der Waals surface area contributed by atoms with Gasteiger partial charge in [-0.2, -0.15) is 0 Å². The first kappa shape index (κ1) is 12.3. The molecular weight excluding hydrogens is 228 g/mol. The lowest BCUT2D eigenvalue weighted by molar-refractivity contribution is 0.0677. The Morgan fingerprint density at radius 3 is 1.82 bits per heavy atom. The number of nitrogens with zero attached hydrogens (tertiary/aromatic N) is 4. The highest BCUT2D eigenvalue weighted by Gasteiger charge is 2.14. The van der Waals surface area contributed by atoms with Crippen LogP contribution in [0.1, 0.15) is 10.6 Å². The topological polar surface area (TPSA) is 118 Å². The predicted molar refractivity (Wildman–Crippen MR) is 54.6 cm³/mol. The first-order valence-corrected chi connectivity index (χ1v) is 4.33. The van der Waals surface area contributed by atoms with Crippen molar-refractivity contribution in [2.24, 2.45) is 0 Å². The lowest BCUT2D eigenvalue weighted by Crippen LogP contribution is -2.15. The molecule has 0 unspecified atom stereocenters. The number of aromatic nitrogens is 4. The molecule has 0 aromatic carbocycles. The molecule has 0 bridgehead atoms. The molecule has 17 heavy (non-hydrogen) atoms. The molecule has 2 aromatic rings. The fraction of sp³-hybridized carbons (Fsp3) is 0. The molecule has 0 radical (unpaired) electrons. The molecule has 0 aliphatic heterocycles. The second kappa shape index (κ2) is 5.95. The number of aromatic carboxylic acids is 1. The number of imidazole rings is 1. The van der Waals surface area contributed by atoms with E-state index >= 15 is 0 Å². The zero-order valence-electron chi connectivity index (χ0n) is 8.46. The molecule has 0 saturated heterocycles. The number of hydrogen-bond acceptors (Lipinski definition) is 5. The monoisotopic (exact) mass is 236 g/mol. The van der Waals surface area contributed by atoms with Gasteiger partial charge in [0.15, 0.2) is 0 Å². The van der Waals surface area contributed by atoms with Crippen LogP contribution in [0, 0.1) is 0 Å². The van der Waals surface area contributed by atoms with E-state index in [-0.39, 0.29) is 0 Å². The SMILES string of the molecule is O=C(O)c1nccn1C(=O)O.c1cnccn1. The van der Waals surface area contributed by atoms with Crippen molar-refractivity contribution in [3.05, 3.63) is 43.0 Å². The molecule has 2 N–H and O–H groups in total. The molecule has 0 amide bonds. The molecule has 0 fully saturated rings. The Kier molecular flexibility index (Phi) is 4.31. The quantitative estimate of drug-likeness (QED) is 0.743. The zero-order valence-corrected chi connectivity index (χ0v) is 8.46. The van der Waals surface area contributed by atoms with Crippen LogP contribution in [-0.4, -0.2) is 41.8 Å². The molecule has 0 saturated carbocycles. The minimum atomic E-state index is -1.36. The molecular formula is C9H8N4O4. The van der Waals surface area contributed by atoms with Gasteiger partial charge in [-0.05, 0) is 0 Å². The Bertz CT molecular complexity index is 441. The summed E-state index contributed by atoms with van der Waals surface area (Å²) in [5.74, 6) is -1.87. The minimum absolute atomic E-state index is 0.502. The maximum absolute atomic E-state index is 10.2. The summed E-state index contributed by atoms with van der Waals surface area (Å²) in [7, 11) is 0. The average Bonchev–Trinajstić information content (AvgIpc) is 2.81. The largest absolute Gasteiger partial charge is 0.475 e. The molecule has 0 spiro atoms. The van der Waals surface area contributed by atoms with Crippen LogP contribution in [0.4, 0.5) is 4.79 Å². The van der Waals surface area contributed by atoms with Crippen LogP contribution < -0.4 is 0 Å². The van der Waals surface area contributed by atoms with E-state index in [1.807, 2.05) is 0 Å². The van der Waals surface area contributed by atoms with E-state index in [1.54, 1.807) is 24.8 Å². The van der Waals surface area contributed by atoms with Gasteiger partial charge in [0.25, 0.3) is 0 Å². The first-order chi connectivity index (χ1) is 8.13. The van der Waals surface area contributed by atoms with Crippen LogP contribution >= 0.6 is 0 Å². The van der Waals surface area contributed by atoms with E-state index in [1.165, 1.54) is 0 Å². The van der Waals surface area contributed by atoms with Crippen molar-refractivity contribution in [1.82, 2.24) is 19.5 Å². The van der Waals surface area contributed by atoms with Crippen molar-refractivity contribution in [3.8, 4) is 0 Å². The van der Waals surface area contributed by atoms with E-state index in [4.69, 9.17) is 10.2 Å². The number of carboxylic acid groups (broad SMARTS) is 2. The summed E-state index contributed by atoms with van der Waals surface area (Å²) in [6.07, 6.45) is 7.36. The molecule has 8 nitrogen and oxygen atoms in total. The maximum Gasteiger partial charge on any atom is 0.417 e. The van der Waals surface area contributed by atoms with Crippen LogP contribution in [0.5, 0.6) is 0 Å². The third kappa shape index (κ3) is 3.70. The lowest BCUT2D eigenvalue weighted by Gasteiger charge is -1.94. The molecule has 2 rings (SSSR count). The van der Waals surface area contributed by atoms with Gasteiger partial charge in [-0.3, -0.25) is 9.97 Å². The number of carbonyl (C=O) groups is 2. The molecule has 2 heterocycles. The fourth-order valence-corrected chi connectivity index (χ4v) is 0.869. The van der Waals surface area contributed by atoms with Gasteiger partial charge in [0.05, 0.1) is 0 Å². The van der Waals surface area contributed by atoms with E-state index in [9.17, 15) is 9.59 Å². The first-order valence-electron chi connectivity index (χ1n) is 4.33. The summed E-state index contributed by atoms with van der Waals surface area (Å²) in [5.41, 5.74) is 0. The number of carboxylic acids is 1. The average molecular weight is 236 g/mol. The van der Waals surface area contributed by atoms with E-state index in [0.29, 0.717) is 4.57 Å². The summed E-state index contributed by atoms with van der Waals surface area (Å²) in [6.45, 7) is 0. The maximum atomic E-state index is 10.2. The molecule has 0 atom stereocenters. The van der Waals surface area contributed by atoms with Gasteiger partial charge in [-0.1, -0.05) is 0 Å². The third-order valence-corrected chi connectivity index (χ3v) is 1.52. The Morgan fingerprint density at radius 1 is 1.00 bits per heavy atom. The van der Waals surface area contributed by atoms with Gasteiger partial charge >= 0.3 is 12.1 Å². The standard InChI is InChI=1S/C5H4N2O4.C4H4N2/c8-4(9)3-6-1-2-7(3)5(10)11;1-2-6-4-3-5-1/h1-2H,(H,8,9)(H,10,11);1-4H. The fourth-order valence-electron chi connectivity index (χ4n) is 0.869. The van der Waals surface area contributed by atoms with Crippen molar-refractivity contribution in [2.45, 2.75) is 0 Å². The number of hydrogen-bond donors (Lipinski definition) is 2. The summed E-state index contributed by atoms with van der Waals surface area (Å²) in [6, 6.07) is 0. The van der Waals surface area contributed by atoms with Crippen molar-refractivity contribution in [2.75, 3.05) is 0 Å². The third-order valence-electron chi connectivity index (χ3n) is 1.52. The van der Waals surface area contributed by atoms with Gasteiger partial charge < -0.3 is 10.2 Å². The Labute approximate surface area is 95.2 Å². The van der Waals surface area contributed by atoms with E-state index < -0.39 is 17.9 Å². The summed E-state index contributed by atoms with van der Waals surface area (Å²) in [4.78, 5) is 31.3. The Hall–Kier alpha value is -2.77. The van der Waals surface area contributed by atoms with Gasteiger partial charge in [0.1, 0.15) is 0 Å². The molecule has 0 aliphatic rings. The van der Waals surface area contributed by atoms with E-state index in [0.717, 1.165) is 12.4 Å². The van der Waals surface area contributed by atoms with Crippen LogP contribution in [-0.2, 0) is 0 Å². The van der Waals surface area contributed by atoms with Crippen LogP contribution in [0.15, 0.2) is 37.2 Å². The second-order valence-electron chi connectivity index (χ2n) is 2.60. The van der Waals surface area contributed by atoms with Gasteiger partial charge in [0.2, 0.25) is 5.82 Å². The highest BCUT2D eigenvalue weighted by atomic mass is 16.4. The van der Waals surface area contributed by atoms with Crippen molar-refractivity contribution in [1.29, 1.82) is 0 Å². The van der Waals surface area contributed by atoms with Crippen molar-refractivity contribution < 1.29 is 19.8 Å². The normalized spacial score (nSPS) is 8.94. The highest BCUT2D eigenvalue weighted by Crippen LogP contribution is 1.95. The molecule has 0 aliphatic carbocycles. The highest BCUT2D eigenvalue weighted by molar-refractivity contribution is 5.87. The van der Waals surface area contributed by atoms with Crippen LogP contribution in [0.3, 0.4) is 0 Å². The van der Waals surface area contributed by atoms with Crippen molar-refractivity contribution in [3.63, 3.8) is 0 Å². The predicted octanol–water partition coefficient (Wildman–Crippen LogP) is 0.584. The second-order valence-corrected chi connectivity index (χ2v) is 2.60. The summed E-state index contributed by atoms with van der Waals surface area (Å²) >= 11 is 0.